The van der Waals surface area contributed by atoms with Gasteiger partial charge in [-0.1, -0.05) is 59.6 Å². The van der Waals surface area contributed by atoms with Gasteiger partial charge in [0.25, 0.3) is 0 Å². The van der Waals surface area contributed by atoms with Crippen LogP contribution in [0.2, 0.25) is 5.02 Å². The summed E-state index contributed by atoms with van der Waals surface area (Å²) in [7, 11) is 0. The minimum atomic E-state index is -0.122. The minimum absolute atomic E-state index is 0.122. The van der Waals surface area contributed by atoms with Crippen molar-refractivity contribution in [1.29, 1.82) is 0 Å². The molecular weight excluding hydrogens is 346 g/mol. The largest absolute Gasteiger partial charge is 0.340 e. The summed E-state index contributed by atoms with van der Waals surface area (Å²) in [5.74, 6) is 0.986. The van der Waals surface area contributed by atoms with E-state index >= 15 is 0 Å². The molecule has 0 fully saturated rings. The van der Waals surface area contributed by atoms with Gasteiger partial charge in [0.1, 0.15) is 11.6 Å². The van der Waals surface area contributed by atoms with Gasteiger partial charge in [0, 0.05) is 17.8 Å². The van der Waals surface area contributed by atoms with Crippen LogP contribution < -0.4 is 10.6 Å². The summed E-state index contributed by atoms with van der Waals surface area (Å²) in [6.07, 6.45) is 3.18. The Morgan fingerprint density at radius 2 is 1.69 bits per heavy atom. The van der Waals surface area contributed by atoms with Crippen molar-refractivity contribution in [2.24, 2.45) is 0 Å². The Hall–Kier alpha value is -3.11. The van der Waals surface area contributed by atoms with Crippen molar-refractivity contribution >= 4 is 28.9 Å². The normalized spacial score (nSPS) is 11.1. The van der Waals surface area contributed by atoms with Gasteiger partial charge in [0.15, 0.2) is 5.78 Å². The highest BCUT2D eigenvalue weighted by atomic mass is 35.5. The van der Waals surface area contributed by atoms with E-state index in [1.165, 1.54) is 6.08 Å². The number of nitrogens with one attached hydrogen (secondary N) is 2. The molecule has 0 aliphatic rings. The molecule has 130 valence electrons. The van der Waals surface area contributed by atoms with Crippen molar-refractivity contribution in [3.05, 3.63) is 101 Å². The first-order chi connectivity index (χ1) is 12.6. The summed E-state index contributed by atoms with van der Waals surface area (Å²) >= 11 is 6.22. The molecule has 5 heteroatoms. The summed E-state index contributed by atoms with van der Waals surface area (Å²) < 4.78 is 0. The lowest BCUT2D eigenvalue weighted by atomic mass is 10.1. The van der Waals surface area contributed by atoms with Crippen LogP contribution in [-0.2, 0) is 0 Å². The number of hydrogen-bond donors (Lipinski definition) is 2. The first-order valence-electron chi connectivity index (χ1n) is 8.14. The van der Waals surface area contributed by atoms with Gasteiger partial charge in [0.2, 0.25) is 0 Å². The Kier molecular flexibility index (Phi) is 5.66. The van der Waals surface area contributed by atoms with E-state index in [0.717, 1.165) is 5.56 Å². The Bertz CT molecular complexity index is 922. The number of benzene rings is 2. The van der Waals surface area contributed by atoms with Gasteiger partial charge in [-0.05, 0) is 31.2 Å². The van der Waals surface area contributed by atoms with Gasteiger partial charge < -0.3 is 10.6 Å². The summed E-state index contributed by atoms with van der Waals surface area (Å²) in [6, 6.07) is 20.3. The standard InChI is InChI=1S/C21H18ClN3O/c1-15-9-11-16(12-10-15)19(26)14-21(25-20-8-4-5-13-23-20)24-18-7-3-2-6-17(18)22/h2-14,24H,1H3,(H,23,25)/b21-14-. The summed E-state index contributed by atoms with van der Waals surface area (Å²) in [6.45, 7) is 1.98. The van der Waals surface area contributed by atoms with Gasteiger partial charge in [0.05, 0.1) is 10.7 Å². The van der Waals surface area contributed by atoms with Crippen LogP contribution in [0.1, 0.15) is 15.9 Å². The number of anilines is 2. The first kappa shape index (κ1) is 17.7. The highest BCUT2D eigenvalue weighted by molar-refractivity contribution is 6.33. The van der Waals surface area contributed by atoms with Crippen molar-refractivity contribution in [2.75, 3.05) is 10.6 Å². The van der Waals surface area contributed by atoms with Gasteiger partial charge >= 0.3 is 0 Å². The number of halogens is 1. The molecule has 3 aromatic rings. The summed E-state index contributed by atoms with van der Waals surface area (Å²) in [5.41, 5.74) is 2.41. The second kappa shape index (κ2) is 8.32. The molecule has 26 heavy (non-hydrogen) atoms. The molecule has 0 saturated heterocycles. The predicted molar refractivity (Wildman–Crippen MR) is 107 cm³/mol. The second-order valence-electron chi connectivity index (χ2n) is 5.73. The van der Waals surface area contributed by atoms with Crippen LogP contribution in [-0.4, -0.2) is 10.8 Å². The van der Waals surface area contributed by atoms with E-state index < -0.39 is 0 Å². The van der Waals surface area contributed by atoms with E-state index in [4.69, 9.17) is 11.6 Å². The smallest absolute Gasteiger partial charge is 0.189 e. The maximum Gasteiger partial charge on any atom is 0.189 e. The molecule has 1 heterocycles. The number of para-hydroxylation sites is 1. The molecule has 1 aromatic heterocycles. The fraction of sp³-hybridized carbons (Fsp3) is 0.0476. The van der Waals surface area contributed by atoms with Crippen LogP contribution in [0, 0.1) is 6.92 Å². The van der Waals surface area contributed by atoms with E-state index in [2.05, 4.69) is 15.6 Å². The molecule has 0 aliphatic heterocycles. The highest BCUT2D eigenvalue weighted by Crippen LogP contribution is 2.22. The molecule has 0 atom stereocenters. The number of aromatic nitrogens is 1. The van der Waals surface area contributed by atoms with Crippen molar-refractivity contribution in [3.8, 4) is 0 Å². The third kappa shape index (κ3) is 4.71. The van der Waals surface area contributed by atoms with Gasteiger partial charge in [-0.25, -0.2) is 4.98 Å². The molecule has 0 aliphatic carbocycles. The molecule has 0 bridgehead atoms. The number of ketones is 1. The number of rotatable bonds is 6. The van der Waals surface area contributed by atoms with Crippen LogP contribution in [0.25, 0.3) is 0 Å². The SMILES string of the molecule is Cc1ccc(C(=O)/C=C(\Nc2ccccn2)Nc2ccccc2Cl)cc1. The van der Waals surface area contributed by atoms with Gasteiger partial charge in [-0.15, -0.1) is 0 Å². The van der Waals surface area contributed by atoms with Crippen molar-refractivity contribution < 1.29 is 4.79 Å². The number of hydrogen-bond acceptors (Lipinski definition) is 4. The quantitative estimate of drug-likeness (QED) is 0.461. The highest BCUT2D eigenvalue weighted by Gasteiger charge is 2.08. The fourth-order valence-electron chi connectivity index (χ4n) is 2.32. The molecule has 4 nitrogen and oxygen atoms in total. The van der Waals surface area contributed by atoms with E-state index in [0.29, 0.717) is 27.9 Å². The molecule has 0 radical (unpaired) electrons. The zero-order chi connectivity index (χ0) is 18.4. The monoisotopic (exact) mass is 363 g/mol. The van der Waals surface area contributed by atoms with Crippen LogP contribution in [0.3, 0.4) is 0 Å². The van der Waals surface area contributed by atoms with E-state index in [-0.39, 0.29) is 5.78 Å². The lowest BCUT2D eigenvalue weighted by Gasteiger charge is -2.14. The summed E-state index contributed by atoms with van der Waals surface area (Å²) in [5, 5.41) is 6.85. The Morgan fingerprint density at radius 3 is 2.38 bits per heavy atom. The summed E-state index contributed by atoms with van der Waals surface area (Å²) in [4.78, 5) is 16.9. The molecule has 3 rings (SSSR count). The van der Waals surface area contributed by atoms with Crippen molar-refractivity contribution in [3.63, 3.8) is 0 Å². The van der Waals surface area contributed by atoms with Crippen LogP contribution in [0.5, 0.6) is 0 Å². The van der Waals surface area contributed by atoms with Gasteiger partial charge in [-0.3, -0.25) is 4.79 Å². The zero-order valence-corrected chi connectivity index (χ0v) is 15.0. The van der Waals surface area contributed by atoms with Gasteiger partial charge in [-0.2, -0.15) is 0 Å². The first-order valence-corrected chi connectivity index (χ1v) is 8.52. The van der Waals surface area contributed by atoms with Crippen molar-refractivity contribution in [2.45, 2.75) is 6.92 Å². The van der Waals surface area contributed by atoms with Crippen LogP contribution in [0.4, 0.5) is 11.5 Å². The predicted octanol–water partition coefficient (Wildman–Crippen LogP) is 5.29. The van der Waals surface area contributed by atoms with E-state index in [1.54, 1.807) is 12.3 Å². The van der Waals surface area contributed by atoms with Crippen LogP contribution >= 0.6 is 11.6 Å². The third-order valence-electron chi connectivity index (χ3n) is 3.68. The number of nitrogens with zero attached hydrogens (tertiary/aromatic N) is 1. The number of pyridine rings is 1. The Labute approximate surface area is 157 Å². The molecule has 2 aromatic carbocycles. The Balaban J connectivity index is 1.89. The Morgan fingerprint density at radius 1 is 0.962 bits per heavy atom. The molecule has 2 N–H and O–H groups in total. The zero-order valence-electron chi connectivity index (χ0n) is 14.2. The minimum Gasteiger partial charge on any atom is -0.340 e. The fourth-order valence-corrected chi connectivity index (χ4v) is 2.50. The molecule has 0 amide bonds. The average Bonchev–Trinajstić information content (AvgIpc) is 2.65. The van der Waals surface area contributed by atoms with E-state index in [1.807, 2.05) is 67.6 Å². The molecule has 0 saturated carbocycles. The average molecular weight is 364 g/mol. The van der Waals surface area contributed by atoms with E-state index in [9.17, 15) is 4.79 Å². The number of allylic oxidation sites excluding steroid dienone is 1. The molecular formula is C21H18ClN3O. The lowest BCUT2D eigenvalue weighted by Crippen LogP contribution is -2.13. The number of aryl methyl sites for hydroxylation is 1. The second-order valence-corrected chi connectivity index (χ2v) is 6.14. The third-order valence-corrected chi connectivity index (χ3v) is 4.01. The maximum absolute atomic E-state index is 12.6. The number of carbonyl (C=O) groups excluding carboxylic acids is 1. The molecule has 0 spiro atoms. The maximum atomic E-state index is 12.6. The topological polar surface area (TPSA) is 54.0 Å². The number of carbonyl (C=O) groups is 1. The molecule has 0 unspecified atom stereocenters. The van der Waals surface area contributed by atoms with Crippen LogP contribution in [0.15, 0.2) is 84.8 Å². The lowest BCUT2D eigenvalue weighted by molar-refractivity contribution is 0.104. The van der Waals surface area contributed by atoms with Crippen molar-refractivity contribution in [1.82, 2.24) is 4.98 Å².